The number of benzene rings is 1. The fourth-order valence-corrected chi connectivity index (χ4v) is 3.45. The van der Waals surface area contributed by atoms with Gasteiger partial charge >= 0.3 is 0 Å². The van der Waals surface area contributed by atoms with Gasteiger partial charge in [0.15, 0.2) is 0 Å². The Morgan fingerprint density at radius 2 is 2.00 bits per heavy atom. The van der Waals surface area contributed by atoms with Gasteiger partial charge in [-0.05, 0) is 24.3 Å². The maximum Gasteiger partial charge on any atom is 0.205 e. The van der Waals surface area contributed by atoms with Crippen LogP contribution in [0.2, 0.25) is 5.15 Å². The van der Waals surface area contributed by atoms with Crippen LogP contribution in [0.4, 0.5) is 11.6 Å². The van der Waals surface area contributed by atoms with E-state index in [1.54, 1.807) is 6.07 Å². The van der Waals surface area contributed by atoms with Crippen molar-refractivity contribution in [1.82, 2.24) is 19.9 Å². The first-order chi connectivity index (χ1) is 13.2. The molecule has 27 heavy (non-hydrogen) atoms. The largest absolute Gasteiger partial charge is 0.490 e. The smallest absolute Gasteiger partial charge is 0.205 e. The first-order valence-electron chi connectivity index (χ1n) is 8.89. The van der Waals surface area contributed by atoms with E-state index in [2.05, 4.69) is 25.3 Å². The minimum absolute atomic E-state index is 0.207. The van der Waals surface area contributed by atoms with Crippen molar-refractivity contribution in [2.75, 3.05) is 18.5 Å². The third-order valence-electron chi connectivity index (χ3n) is 4.67. The van der Waals surface area contributed by atoms with Crippen molar-refractivity contribution in [3.8, 4) is 5.75 Å². The lowest BCUT2D eigenvalue weighted by Gasteiger charge is -2.23. The molecule has 5 rings (SSSR count). The highest BCUT2D eigenvalue weighted by Gasteiger charge is 2.16. The summed E-state index contributed by atoms with van der Waals surface area (Å²) in [5.74, 6) is 1.47. The molecule has 8 heteroatoms. The van der Waals surface area contributed by atoms with Gasteiger partial charge in [-0.1, -0.05) is 11.6 Å². The highest BCUT2D eigenvalue weighted by atomic mass is 35.5. The van der Waals surface area contributed by atoms with Crippen LogP contribution in [0, 0.1) is 0 Å². The highest BCUT2D eigenvalue weighted by molar-refractivity contribution is 6.29. The van der Waals surface area contributed by atoms with Crippen LogP contribution in [0.1, 0.15) is 12.8 Å². The molecule has 138 valence electrons. The van der Waals surface area contributed by atoms with E-state index in [1.807, 2.05) is 30.5 Å². The Morgan fingerprint density at radius 3 is 2.89 bits per heavy atom. The summed E-state index contributed by atoms with van der Waals surface area (Å²) in [6.45, 7) is 1.52. The Kier molecular flexibility index (Phi) is 4.10. The summed E-state index contributed by atoms with van der Waals surface area (Å²) < 4.78 is 11.4. The van der Waals surface area contributed by atoms with E-state index < -0.39 is 0 Å². The maximum atomic E-state index is 6.07. The molecule has 1 aromatic carbocycles. The predicted octanol–water partition coefficient (Wildman–Crippen LogP) is 4.39. The third-order valence-corrected chi connectivity index (χ3v) is 4.88. The first-order valence-corrected chi connectivity index (χ1v) is 9.27. The van der Waals surface area contributed by atoms with Gasteiger partial charge in [-0.15, -0.1) is 0 Å². The van der Waals surface area contributed by atoms with Gasteiger partial charge in [0.05, 0.1) is 35.5 Å². The molecular weight excluding hydrogens is 366 g/mol. The monoisotopic (exact) mass is 383 g/mol. The van der Waals surface area contributed by atoms with Gasteiger partial charge in [0, 0.05) is 25.1 Å². The van der Waals surface area contributed by atoms with Gasteiger partial charge in [0.2, 0.25) is 5.95 Å². The Hall–Kier alpha value is -2.77. The third kappa shape index (κ3) is 3.31. The Morgan fingerprint density at radius 1 is 1.11 bits per heavy atom. The molecular formula is C19H18ClN5O2. The summed E-state index contributed by atoms with van der Waals surface area (Å²) in [7, 11) is 0. The van der Waals surface area contributed by atoms with E-state index in [1.165, 1.54) is 0 Å². The summed E-state index contributed by atoms with van der Waals surface area (Å²) in [6.07, 6.45) is 3.90. The average Bonchev–Trinajstić information content (AvgIpc) is 3.26. The van der Waals surface area contributed by atoms with E-state index >= 15 is 0 Å². The number of halogens is 1. The minimum Gasteiger partial charge on any atom is -0.490 e. The van der Waals surface area contributed by atoms with Crippen molar-refractivity contribution >= 4 is 45.3 Å². The molecule has 0 spiro atoms. The molecule has 4 heterocycles. The number of ether oxygens (including phenoxy) is 2. The molecule has 1 aliphatic heterocycles. The number of hydrogen-bond acceptors (Lipinski definition) is 5. The number of hydrogen-bond donors (Lipinski definition) is 3. The van der Waals surface area contributed by atoms with Crippen molar-refractivity contribution in [2.45, 2.75) is 18.9 Å². The van der Waals surface area contributed by atoms with Gasteiger partial charge in [-0.25, -0.2) is 9.97 Å². The molecule has 0 saturated carbocycles. The number of rotatable bonds is 4. The lowest BCUT2D eigenvalue weighted by molar-refractivity contribution is 0.0256. The molecule has 7 nitrogen and oxygen atoms in total. The van der Waals surface area contributed by atoms with Gasteiger partial charge in [-0.3, -0.25) is 0 Å². The molecule has 3 aromatic heterocycles. The Bertz CT molecular complexity index is 1100. The van der Waals surface area contributed by atoms with E-state index in [9.17, 15) is 0 Å². The number of nitrogens with one attached hydrogen (secondary N) is 3. The lowest BCUT2D eigenvalue weighted by Crippen LogP contribution is -2.25. The maximum absolute atomic E-state index is 6.07. The number of aromatic amines is 2. The lowest BCUT2D eigenvalue weighted by atomic mass is 10.1. The van der Waals surface area contributed by atoms with E-state index in [0.717, 1.165) is 59.6 Å². The number of fused-ring (bicyclic) bond motifs is 2. The van der Waals surface area contributed by atoms with Crippen LogP contribution in [0.25, 0.3) is 22.1 Å². The van der Waals surface area contributed by atoms with Crippen LogP contribution < -0.4 is 10.1 Å². The quantitative estimate of drug-likeness (QED) is 0.455. The topological polar surface area (TPSA) is 87.9 Å². The average molecular weight is 384 g/mol. The molecule has 0 atom stereocenters. The molecule has 3 N–H and O–H groups in total. The molecule has 0 aliphatic carbocycles. The summed E-state index contributed by atoms with van der Waals surface area (Å²) in [5.41, 5.74) is 4.26. The first kappa shape index (κ1) is 16.4. The second-order valence-corrected chi connectivity index (χ2v) is 6.94. The second-order valence-electron chi connectivity index (χ2n) is 6.55. The minimum atomic E-state index is 0.207. The predicted molar refractivity (Wildman–Crippen MR) is 105 cm³/mol. The van der Waals surface area contributed by atoms with Gasteiger partial charge < -0.3 is 24.8 Å². The van der Waals surface area contributed by atoms with Crippen LogP contribution in [-0.2, 0) is 4.74 Å². The van der Waals surface area contributed by atoms with E-state index in [-0.39, 0.29) is 6.10 Å². The highest BCUT2D eigenvalue weighted by Crippen LogP contribution is 2.28. The number of imidazole rings is 1. The SMILES string of the molecule is Clc1ccc2[nH]cc(Nc3nc4ccc(OC5CCOCC5)cc4[nH]3)c2n1. The van der Waals surface area contributed by atoms with Crippen molar-refractivity contribution in [3.63, 3.8) is 0 Å². The summed E-state index contributed by atoms with van der Waals surface area (Å²) in [4.78, 5) is 15.4. The normalized spacial score (nSPS) is 15.4. The fourth-order valence-electron chi connectivity index (χ4n) is 3.31. The van der Waals surface area contributed by atoms with Gasteiger partial charge in [-0.2, -0.15) is 0 Å². The molecule has 1 fully saturated rings. The molecule has 0 amide bonds. The van der Waals surface area contributed by atoms with Gasteiger partial charge in [0.1, 0.15) is 22.5 Å². The van der Waals surface area contributed by atoms with E-state index in [0.29, 0.717) is 11.1 Å². The Balaban J connectivity index is 1.39. The zero-order chi connectivity index (χ0) is 18.2. The van der Waals surface area contributed by atoms with Crippen LogP contribution in [0.5, 0.6) is 5.75 Å². The molecule has 1 saturated heterocycles. The summed E-state index contributed by atoms with van der Waals surface area (Å²) >= 11 is 6.01. The molecule has 1 aliphatic rings. The van der Waals surface area contributed by atoms with Crippen molar-refractivity contribution < 1.29 is 9.47 Å². The molecule has 0 unspecified atom stereocenters. The molecule has 0 radical (unpaired) electrons. The standard InChI is InChI=1S/C19H18ClN5O2/c20-17-4-3-14-18(25-17)16(10-21-14)24-19-22-13-2-1-12(9-15(13)23-19)27-11-5-7-26-8-6-11/h1-4,9-11,21H,5-8H2,(H2,22,23,24). The number of nitrogens with zero attached hydrogens (tertiary/aromatic N) is 2. The van der Waals surface area contributed by atoms with Crippen molar-refractivity contribution in [3.05, 3.63) is 41.7 Å². The Labute approximate surface area is 160 Å². The zero-order valence-electron chi connectivity index (χ0n) is 14.5. The van der Waals surface area contributed by atoms with Crippen molar-refractivity contribution in [1.29, 1.82) is 0 Å². The van der Waals surface area contributed by atoms with Crippen molar-refractivity contribution in [2.24, 2.45) is 0 Å². The zero-order valence-corrected chi connectivity index (χ0v) is 15.2. The second kappa shape index (κ2) is 6.75. The fraction of sp³-hybridized carbons (Fsp3) is 0.263. The number of aromatic nitrogens is 4. The van der Waals surface area contributed by atoms with Crippen LogP contribution in [0.3, 0.4) is 0 Å². The summed E-state index contributed by atoms with van der Waals surface area (Å²) in [6, 6.07) is 9.54. The van der Waals surface area contributed by atoms with Gasteiger partial charge in [0.25, 0.3) is 0 Å². The van der Waals surface area contributed by atoms with Crippen LogP contribution in [0.15, 0.2) is 36.5 Å². The van der Waals surface area contributed by atoms with Crippen LogP contribution >= 0.6 is 11.6 Å². The summed E-state index contributed by atoms with van der Waals surface area (Å²) in [5, 5.41) is 3.72. The molecule has 0 bridgehead atoms. The molecule has 4 aromatic rings. The number of pyridine rings is 1. The van der Waals surface area contributed by atoms with Crippen LogP contribution in [-0.4, -0.2) is 39.3 Å². The number of anilines is 2. The van der Waals surface area contributed by atoms with E-state index in [4.69, 9.17) is 21.1 Å². The number of H-pyrrole nitrogens is 2.